The minimum atomic E-state index is 0.326. The maximum atomic E-state index is 6.27. The lowest BCUT2D eigenvalue weighted by molar-refractivity contribution is 0.284. The summed E-state index contributed by atoms with van der Waals surface area (Å²) in [7, 11) is 1.58. The molecule has 0 saturated heterocycles. The zero-order valence-electron chi connectivity index (χ0n) is 17.7. The summed E-state index contributed by atoms with van der Waals surface area (Å²) in [6.45, 7) is 0.326. The molecule has 0 unspecified atom stereocenters. The molecular weight excluding hydrogens is 536 g/mol. The van der Waals surface area contributed by atoms with Gasteiger partial charge >= 0.3 is 0 Å². The van der Waals surface area contributed by atoms with Crippen molar-refractivity contribution in [3.8, 4) is 22.8 Å². The van der Waals surface area contributed by atoms with Crippen LogP contribution >= 0.6 is 57.7 Å². The predicted octanol–water partition coefficient (Wildman–Crippen LogP) is 8.46. The van der Waals surface area contributed by atoms with Gasteiger partial charge in [-0.2, -0.15) is 5.10 Å². The van der Waals surface area contributed by atoms with Gasteiger partial charge in [-0.15, -0.1) is 11.3 Å². The Morgan fingerprint density at radius 1 is 0.941 bits per heavy atom. The molecule has 0 atom stereocenters. The van der Waals surface area contributed by atoms with Gasteiger partial charge in [-0.3, -0.25) is 5.43 Å². The molecule has 10 heteroatoms. The first-order chi connectivity index (χ1) is 16.4. The number of nitrogens with one attached hydrogen (secondary N) is 1. The van der Waals surface area contributed by atoms with Crippen molar-refractivity contribution in [2.24, 2.45) is 5.10 Å². The molecule has 1 N–H and O–H groups in total. The molecule has 5 nitrogen and oxygen atoms in total. The summed E-state index contributed by atoms with van der Waals surface area (Å²) in [5, 5.41) is 8.90. The minimum Gasteiger partial charge on any atom is -0.493 e. The highest BCUT2D eigenvalue weighted by Gasteiger charge is 2.09. The van der Waals surface area contributed by atoms with Gasteiger partial charge in [0.15, 0.2) is 11.5 Å². The van der Waals surface area contributed by atoms with E-state index in [1.54, 1.807) is 37.6 Å². The summed E-state index contributed by atoms with van der Waals surface area (Å²) in [6.07, 6.45) is 1.67. The van der Waals surface area contributed by atoms with Gasteiger partial charge in [0, 0.05) is 16.0 Å². The van der Waals surface area contributed by atoms with E-state index >= 15 is 0 Å². The Hall–Kier alpha value is -2.48. The number of ether oxygens (including phenoxy) is 2. The summed E-state index contributed by atoms with van der Waals surface area (Å²) >= 11 is 25.7. The molecular formula is C24H17Cl4N3O2S. The Labute approximate surface area is 220 Å². The van der Waals surface area contributed by atoms with Gasteiger partial charge in [-0.1, -0.05) is 52.5 Å². The summed E-state index contributed by atoms with van der Waals surface area (Å²) in [4.78, 5) is 4.52. The molecule has 0 amide bonds. The van der Waals surface area contributed by atoms with E-state index in [2.05, 4.69) is 15.5 Å². The summed E-state index contributed by atoms with van der Waals surface area (Å²) in [6, 6.07) is 16.2. The van der Waals surface area contributed by atoms with Gasteiger partial charge in [-0.25, -0.2) is 4.98 Å². The van der Waals surface area contributed by atoms with Crippen molar-refractivity contribution in [3.63, 3.8) is 0 Å². The van der Waals surface area contributed by atoms with E-state index in [4.69, 9.17) is 55.9 Å². The van der Waals surface area contributed by atoms with Crippen LogP contribution in [0.3, 0.4) is 0 Å². The molecule has 0 saturated carbocycles. The largest absolute Gasteiger partial charge is 0.493 e. The van der Waals surface area contributed by atoms with Gasteiger partial charge in [0.25, 0.3) is 0 Å². The molecule has 4 rings (SSSR count). The molecule has 1 aromatic heterocycles. The second-order valence-corrected chi connectivity index (χ2v) is 9.50. The number of methoxy groups -OCH3 is 1. The number of hydrazone groups is 1. The predicted molar refractivity (Wildman–Crippen MR) is 143 cm³/mol. The number of hydrogen-bond acceptors (Lipinski definition) is 6. The highest BCUT2D eigenvalue weighted by Crippen LogP contribution is 2.33. The van der Waals surface area contributed by atoms with E-state index in [9.17, 15) is 0 Å². The highest BCUT2D eigenvalue weighted by atomic mass is 35.5. The lowest BCUT2D eigenvalue weighted by Crippen LogP contribution is -1.99. The number of hydrogen-bond donors (Lipinski definition) is 1. The number of rotatable bonds is 8. The molecule has 34 heavy (non-hydrogen) atoms. The minimum absolute atomic E-state index is 0.326. The van der Waals surface area contributed by atoms with Gasteiger partial charge in [0.2, 0.25) is 5.13 Å². The third-order valence-electron chi connectivity index (χ3n) is 4.65. The van der Waals surface area contributed by atoms with Crippen LogP contribution < -0.4 is 14.9 Å². The normalized spacial score (nSPS) is 11.1. The first-order valence-corrected chi connectivity index (χ1v) is 12.3. The fourth-order valence-corrected chi connectivity index (χ4v) is 4.47. The molecule has 1 heterocycles. The fraction of sp³-hybridized carbons (Fsp3) is 0.0833. The number of thiazole rings is 1. The molecule has 0 fully saturated rings. The average Bonchev–Trinajstić information content (AvgIpc) is 3.28. The molecule has 174 valence electrons. The van der Waals surface area contributed by atoms with Crippen LogP contribution in [-0.2, 0) is 6.61 Å². The third kappa shape index (κ3) is 6.14. The van der Waals surface area contributed by atoms with Crippen LogP contribution in [0.25, 0.3) is 11.3 Å². The van der Waals surface area contributed by atoms with Crippen LogP contribution in [-0.4, -0.2) is 18.3 Å². The van der Waals surface area contributed by atoms with E-state index in [0.29, 0.717) is 43.3 Å². The van der Waals surface area contributed by atoms with Crippen molar-refractivity contribution in [2.45, 2.75) is 6.61 Å². The maximum absolute atomic E-state index is 6.27. The van der Waals surface area contributed by atoms with Crippen LogP contribution in [0.2, 0.25) is 20.1 Å². The molecule has 0 aliphatic heterocycles. The Bertz CT molecular complexity index is 1340. The standard InChI is InChI=1S/C24H17Cl4N3O2S/c1-32-23-9-14(3-7-22(23)33-12-15-2-6-18(26)20(28)8-15)11-29-31-24-30-21(13-34-24)17-5-4-16(25)10-19(17)27/h2-11,13H,12H2,1H3,(H,30,31). The zero-order valence-corrected chi connectivity index (χ0v) is 21.5. The second-order valence-electron chi connectivity index (χ2n) is 6.98. The third-order valence-corrected chi connectivity index (χ3v) is 6.68. The molecule has 0 radical (unpaired) electrons. The van der Waals surface area contributed by atoms with Crippen molar-refractivity contribution in [1.82, 2.24) is 4.98 Å². The molecule has 3 aromatic carbocycles. The van der Waals surface area contributed by atoms with Gasteiger partial charge < -0.3 is 9.47 Å². The molecule has 0 bridgehead atoms. The summed E-state index contributed by atoms with van der Waals surface area (Å²) in [5.74, 6) is 1.18. The quantitative estimate of drug-likeness (QED) is 0.176. The number of halogens is 4. The Morgan fingerprint density at radius 2 is 1.79 bits per heavy atom. The lowest BCUT2D eigenvalue weighted by atomic mass is 10.2. The van der Waals surface area contributed by atoms with Crippen LogP contribution in [0.4, 0.5) is 5.13 Å². The summed E-state index contributed by atoms with van der Waals surface area (Å²) < 4.78 is 11.4. The van der Waals surface area contributed by atoms with E-state index in [1.807, 2.05) is 35.7 Å². The lowest BCUT2D eigenvalue weighted by Gasteiger charge is -2.11. The SMILES string of the molecule is COc1cc(C=NNc2nc(-c3ccc(Cl)cc3Cl)cs2)ccc1OCc1ccc(Cl)c(Cl)c1. The number of nitrogens with zero attached hydrogens (tertiary/aromatic N) is 2. The smallest absolute Gasteiger partial charge is 0.203 e. The maximum Gasteiger partial charge on any atom is 0.203 e. The van der Waals surface area contributed by atoms with Crippen molar-refractivity contribution in [2.75, 3.05) is 12.5 Å². The number of aromatic nitrogens is 1. The average molecular weight is 553 g/mol. The molecule has 0 aliphatic carbocycles. The van der Waals surface area contributed by atoms with E-state index in [-0.39, 0.29) is 0 Å². The zero-order chi connectivity index (χ0) is 24.1. The Kier molecular flexibility index (Phi) is 8.19. The molecule has 4 aromatic rings. The number of benzene rings is 3. The fourth-order valence-electron chi connectivity index (χ4n) is 2.98. The second kappa shape index (κ2) is 11.3. The van der Waals surface area contributed by atoms with Crippen molar-refractivity contribution in [1.29, 1.82) is 0 Å². The van der Waals surface area contributed by atoms with Crippen molar-refractivity contribution in [3.05, 3.63) is 91.2 Å². The van der Waals surface area contributed by atoms with E-state index < -0.39 is 0 Å². The Balaban J connectivity index is 1.39. The number of anilines is 1. The van der Waals surface area contributed by atoms with Gasteiger partial charge in [0.05, 0.1) is 34.1 Å². The molecule has 0 spiro atoms. The van der Waals surface area contributed by atoms with Crippen LogP contribution in [0, 0.1) is 0 Å². The van der Waals surface area contributed by atoms with Gasteiger partial charge in [0.1, 0.15) is 6.61 Å². The van der Waals surface area contributed by atoms with E-state index in [1.165, 1.54) is 11.3 Å². The topological polar surface area (TPSA) is 55.7 Å². The van der Waals surface area contributed by atoms with Crippen LogP contribution in [0.1, 0.15) is 11.1 Å². The van der Waals surface area contributed by atoms with Crippen molar-refractivity contribution < 1.29 is 9.47 Å². The molecule has 0 aliphatic rings. The first kappa shape index (κ1) is 24.6. The summed E-state index contributed by atoms with van der Waals surface area (Å²) in [5.41, 5.74) is 6.21. The van der Waals surface area contributed by atoms with E-state index in [0.717, 1.165) is 22.4 Å². The van der Waals surface area contributed by atoms with Crippen LogP contribution in [0.15, 0.2) is 65.1 Å². The first-order valence-electron chi connectivity index (χ1n) is 9.87. The monoisotopic (exact) mass is 551 g/mol. The Morgan fingerprint density at radius 3 is 2.56 bits per heavy atom. The van der Waals surface area contributed by atoms with Gasteiger partial charge in [-0.05, 0) is 59.7 Å². The van der Waals surface area contributed by atoms with Crippen molar-refractivity contribution >= 4 is 69.1 Å². The van der Waals surface area contributed by atoms with Crippen LogP contribution in [0.5, 0.6) is 11.5 Å². The highest BCUT2D eigenvalue weighted by molar-refractivity contribution is 7.14.